The number of benzene rings is 1. The molecule has 1 saturated heterocycles. The van der Waals surface area contributed by atoms with Crippen molar-refractivity contribution in [1.82, 2.24) is 30.2 Å². The minimum Gasteiger partial charge on any atom is -0.390 e. The second-order valence-electron chi connectivity index (χ2n) is 8.12. The lowest BCUT2D eigenvalue weighted by molar-refractivity contribution is 0.0884. The molecule has 0 radical (unpaired) electrons. The van der Waals surface area contributed by atoms with Gasteiger partial charge in [-0.15, -0.1) is 0 Å². The standard InChI is InChI=1S/C24H20ClN7O2/c1-13-7-16(9-20(25)28-13)21-22(15-4-2-3-14(8-15)10-26)31-32-6-5-17(29-23(21)32)24(34)30-18-11-27-12-19(18)33/h2-9,18-19,27,33H,11-12H2,1H3,(H,30,34)/t18-,19+/m0/s1. The Labute approximate surface area is 200 Å². The third kappa shape index (κ3) is 4.10. The van der Waals surface area contributed by atoms with Crippen molar-refractivity contribution in [2.75, 3.05) is 13.1 Å². The lowest BCUT2D eigenvalue weighted by Crippen LogP contribution is -2.43. The predicted molar refractivity (Wildman–Crippen MR) is 126 cm³/mol. The number of nitrogens with one attached hydrogen (secondary N) is 2. The van der Waals surface area contributed by atoms with Crippen LogP contribution < -0.4 is 10.6 Å². The van der Waals surface area contributed by atoms with Gasteiger partial charge in [0.1, 0.15) is 16.5 Å². The number of amides is 1. The highest BCUT2D eigenvalue weighted by molar-refractivity contribution is 6.29. The first-order valence-corrected chi connectivity index (χ1v) is 11.0. The van der Waals surface area contributed by atoms with Crippen molar-refractivity contribution in [3.63, 3.8) is 0 Å². The van der Waals surface area contributed by atoms with Gasteiger partial charge in [-0.1, -0.05) is 23.7 Å². The summed E-state index contributed by atoms with van der Waals surface area (Å²) in [7, 11) is 0. The van der Waals surface area contributed by atoms with E-state index in [1.165, 1.54) is 0 Å². The summed E-state index contributed by atoms with van der Waals surface area (Å²) in [6, 6.07) is 14.1. The maximum atomic E-state index is 12.9. The molecule has 0 spiro atoms. The lowest BCUT2D eigenvalue weighted by Gasteiger charge is -2.15. The number of hydrogen-bond donors (Lipinski definition) is 3. The number of aliphatic hydroxyl groups is 1. The molecule has 0 aliphatic carbocycles. The van der Waals surface area contributed by atoms with Crippen LogP contribution in [0.4, 0.5) is 0 Å². The zero-order chi connectivity index (χ0) is 23.8. The number of halogens is 1. The van der Waals surface area contributed by atoms with E-state index in [1.54, 1.807) is 41.0 Å². The fraction of sp³-hybridized carbons (Fsp3) is 0.208. The molecule has 4 heterocycles. The summed E-state index contributed by atoms with van der Waals surface area (Å²) in [5, 5.41) is 30.3. The molecule has 1 fully saturated rings. The highest BCUT2D eigenvalue weighted by Gasteiger charge is 2.27. The molecule has 170 valence electrons. The van der Waals surface area contributed by atoms with Gasteiger partial charge in [0.2, 0.25) is 0 Å². The molecule has 5 rings (SSSR count). The van der Waals surface area contributed by atoms with Crippen LogP contribution in [0.2, 0.25) is 5.15 Å². The van der Waals surface area contributed by atoms with Gasteiger partial charge in [0.25, 0.3) is 5.91 Å². The van der Waals surface area contributed by atoms with Crippen LogP contribution in [0.1, 0.15) is 21.7 Å². The highest BCUT2D eigenvalue weighted by Crippen LogP contribution is 2.36. The topological polar surface area (TPSA) is 128 Å². The number of nitrogens with zero attached hydrogens (tertiary/aromatic N) is 5. The molecule has 0 bridgehead atoms. The van der Waals surface area contributed by atoms with Crippen LogP contribution in [0.5, 0.6) is 0 Å². The molecule has 4 aromatic rings. The molecule has 1 aliphatic heterocycles. The molecule has 0 saturated carbocycles. The molecule has 3 aromatic heterocycles. The van der Waals surface area contributed by atoms with Gasteiger partial charge in [0, 0.05) is 30.5 Å². The number of pyridine rings is 1. The van der Waals surface area contributed by atoms with Crippen molar-refractivity contribution in [3.8, 4) is 28.5 Å². The maximum Gasteiger partial charge on any atom is 0.270 e. The van der Waals surface area contributed by atoms with Crippen LogP contribution in [0, 0.1) is 18.3 Å². The van der Waals surface area contributed by atoms with Crippen molar-refractivity contribution in [2.45, 2.75) is 19.1 Å². The van der Waals surface area contributed by atoms with Crippen LogP contribution in [0.15, 0.2) is 48.7 Å². The first kappa shape index (κ1) is 22.0. The quantitative estimate of drug-likeness (QED) is 0.388. The van der Waals surface area contributed by atoms with Gasteiger partial charge >= 0.3 is 0 Å². The van der Waals surface area contributed by atoms with Crippen LogP contribution in [0.3, 0.4) is 0 Å². The van der Waals surface area contributed by atoms with Gasteiger partial charge in [0.05, 0.1) is 29.3 Å². The van der Waals surface area contributed by atoms with E-state index in [9.17, 15) is 15.2 Å². The minimum absolute atomic E-state index is 0.196. The smallest absolute Gasteiger partial charge is 0.270 e. The van der Waals surface area contributed by atoms with Crippen LogP contribution >= 0.6 is 11.6 Å². The minimum atomic E-state index is -0.654. The Morgan fingerprint density at radius 2 is 2.09 bits per heavy atom. The van der Waals surface area contributed by atoms with Crippen LogP contribution in [-0.2, 0) is 0 Å². The molecule has 1 aromatic carbocycles. The number of aryl methyl sites for hydroxylation is 1. The average molecular weight is 474 g/mol. The second-order valence-corrected chi connectivity index (χ2v) is 8.51. The van der Waals surface area contributed by atoms with E-state index in [4.69, 9.17) is 16.7 Å². The van der Waals surface area contributed by atoms with E-state index in [0.29, 0.717) is 40.7 Å². The van der Waals surface area contributed by atoms with Gasteiger partial charge in [0.15, 0.2) is 5.65 Å². The van der Waals surface area contributed by atoms with E-state index in [1.807, 2.05) is 19.1 Å². The zero-order valence-electron chi connectivity index (χ0n) is 18.2. The summed E-state index contributed by atoms with van der Waals surface area (Å²) in [4.78, 5) is 21.8. The monoisotopic (exact) mass is 473 g/mol. The van der Waals surface area contributed by atoms with Gasteiger partial charge in [-0.3, -0.25) is 4.79 Å². The van der Waals surface area contributed by atoms with E-state index in [2.05, 4.69) is 26.7 Å². The van der Waals surface area contributed by atoms with Crippen LogP contribution in [-0.4, -0.2) is 55.8 Å². The molecule has 1 amide bonds. The van der Waals surface area contributed by atoms with Gasteiger partial charge < -0.3 is 15.7 Å². The van der Waals surface area contributed by atoms with E-state index in [0.717, 1.165) is 16.8 Å². The van der Waals surface area contributed by atoms with E-state index >= 15 is 0 Å². The van der Waals surface area contributed by atoms with Gasteiger partial charge in [-0.25, -0.2) is 14.5 Å². The van der Waals surface area contributed by atoms with E-state index < -0.39 is 6.10 Å². The number of β-amino-alcohol motifs (C(OH)–C–C–N with tert-alkyl or cyclic N) is 1. The number of fused-ring (bicyclic) bond motifs is 1. The fourth-order valence-corrected chi connectivity index (χ4v) is 4.34. The number of hydrogen-bond acceptors (Lipinski definition) is 7. The summed E-state index contributed by atoms with van der Waals surface area (Å²) in [6.07, 6.45) is 1.01. The average Bonchev–Trinajstić information content (AvgIpc) is 3.41. The van der Waals surface area contributed by atoms with Crippen LogP contribution in [0.25, 0.3) is 28.0 Å². The molecule has 9 nitrogen and oxygen atoms in total. The Morgan fingerprint density at radius 1 is 1.24 bits per heavy atom. The Balaban J connectivity index is 1.67. The number of carbonyl (C=O) groups is 1. The Bertz CT molecular complexity index is 1440. The third-order valence-corrected chi connectivity index (χ3v) is 5.89. The molecule has 10 heteroatoms. The number of aromatic nitrogens is 4. The largest absolute Gasteiger partial charge is 0.390 e. The summed E-state index contributed by atoms with van der Waals surface area (Å²) in [6.45, 7) is 2.75. The predicted octanol–water partition coefficient (Wildman–Crippen LogP) is 2.35. The molecule has 0 unspecified atom stereocenters. The van der Waals surface area contributed by atoms with Crippen molar-refractivity contribution in [1.29, 1.82) is 5.26 Å². The number of rotatable bonds is 4. The molecule has 1 aliphatic rings. The third-order valence-electron chi connectivity index (χ3n) is 5.69. The van der Waals surface area contributed by atoms with Crippen molar-refractivity contribution in [2.24, 2.45) is 0 Å². The highest BCUT2D eigenvalue weighted by atomic mass is 35.5. The summed E-state index contributed by atoms with van der Waals surface area (Å²) in [5.74, 6) is -0.389. The first-order valence-electron chi connectivity index (χ1n) is 10.7. The maximum absolute atomic E-state index is 12.9. The van der Waals surface area contributed by atoms with Crippen molar-refractivity contribution in [3.05, 3.63) is 70.8 Å². The lowest BCUT2D eigenvalue weighted by atomic mass is 10.00. The van der Waals surface area contributed by atoms with E-state index in [-0.39, 0.29) is 17.6 Å². The number of aliphatic hydroxyl groups excluding tert-OH is 1. The summed E-state index contributed by atoms with van der Waals surface area (Å²) < 4.78 is 1.59. The number of nitriles is 1. The first-order chi connectivity index (χ1) is 16.4. The molecule has 3 N–H and O–H groups in total. The molecular weight excluding hydrogens is 454 g/mol. The molecule has 2 atom stereocenters. The Hall–Kier alpha value is -3.84. The van der Waals surface area contributed by atoms with Gasteiger partial charge in [-0.2, -0.15) is 10.4 Å². The molecule has 34 heavy (non-hydrogen) atoms. The summed E-state index contributed by atoms with van der Waals surface area (Å²) in [5.41, 5.74) is 4.61. The SMILES string of the molecule is Cc1cc(-c2c(-c3cccc(C#N)c3)nn3ccc(C(=O)N[C@H]4CNC[C@H]4O)nc23)cc(Cl)n1. The second kappa shape index (κ2) is 8.83. The van der Waals surface area contributed by atoms with Crippen molar-refractivity contribution < 1.29 is 9.90 Å². The summed E-state index contributed by atoms with van der Waals surface area (Å²) >= 11 is 6.26. The zero-order valence-corrected chi connectivity index (χ0v) is 18.9. The van der Waals surface area contributed by atoms with Gasteiger partial charge in [-0.05, 0) is 42.8 Å². The normalized spacial score (nSPS) is 17.6. The number of carbonyl (C=O) groups excluding carboxylic acids is 1. The molecular formula is C24H20ClN7O2. The van der Waals surface area contributed by atoms with Crippen molar-refractivity contribution >= 4 is 23.2 Å². The Morgan fingerprint density at radius 3 is 2.82 bits per heavy atom. The Kier molecular flexibility index (Phi) is 5.71. The fourth-order valence-electron chi connectivity index (χ4n) is 4.09.